The third-order valence-electron chi connectivity index (χ3n) is 5.31. The van der Waals surface area contributed by atoms with E-state index in [4.69, 9.17) is 4.98 Å². The second-order valence-electron chi connectivity index (χ2n) is 6.80. The molecule has 0 aliphatic carbocycles. The maximum Gasteiger partial charge on any atom is 0.110 e. The summed E-state index contributed by atoms with van der Waals surface area (Å²) in [5.74, 6) is 1.80. The van der Waals surface area contributed by atoms with Crippen LogP contribution in [-0.2, 0) is 0 Å². The Labute approximate surface area is 132 Å². The molecule has 0 amide bonds. The molecule has 0 atom stereocenters. The van der Waals surface area contributed by atoms with E-state index in [0.29, 0.717) is 5.92 Å². The smallest absolute Gasteiger partial charge is 0.110 e. The Morgan fingerprint density at radius 2 is 1.64 bits per heavy atom. The summed E-state index contributed by atoms with van der Waals surface area (Å²) in [5, 5.41) is 0. The van der Waals surface area contributed by atoms with E-state index in [1.54, 1.807) is 0 Å². The number of rotatable bonds is 4. The minimum Gasteiger partial charge on any atom is -0.342 e. The second-order valence-corrected chi connectivity index (χ2v) is 6.80. The molecule has 1 aromatic carbocycles. The quantitative estimate of drug-likeness (QED) is 0.942. The Balaban J connectivity index is 1.31. The molecular weight excluding hydrogens is 272 g/mol. The predicted octanol–water partition coefficient (Wildman–Crippen LogP) is 2.84. The zero-order valence-electron chi connectivity index (χ0n) is 13.3. The predicted molar refractivity (Wildman–Crippen MR) is 90.2 cm³/mol. The number of nitrogens with one attached hydrogen (secondary N) is 1. The van der Waals surface area contributed by atoms with E-state index in [-0.39, 0.29) is 0 Å². The van der Waals surface area contributed by atoms with Gasteiger partial charge in [-0.3, -0.25) is 0 Å². The molecule has 4 nitrogen and oxygen atoms in total. The van der Waals surface area contributed by atoms with E-state index in [1.165, 1.54) is 76.3 Å². The van der Waals surface area contributed by atoms with Crippen LogP contribution in [0.3, 0.4) is 0 Å². The SMILES string of the molecule is c1ccc2[nH]c(C3CCN(CCN4CCCC4)CC3)nc2c1. The van der Waals surface area contributed by atoms with E-state index in [1.807, 2.05) is 0 Å². The molecule has 0 bridgehead atoms. The van der Waals surface area contributed by atoms with Crippen LogP contribution in [0, 0.1) is 0 Å². The molecule has 4 heteroatoms. The van der Waals surface area contributed by atoms with Crippen molar-refractivity contribution >= 4 is 11.0 Å². The molecule has 1 aromatic heterocycles. The molecule has 0 radical (unpaired) electrons. The van der Waals surface area contributed by atoms with Gasteiger partial charge in [0.05, 0.1) is 11.0 Å². The summed E-state index contributed by atoms with van der Waals surface area (Å²) in [6.07, 6.45) is 5.27. The molecular formula is C18H26N4. The molecule has 2 aliphatic heterocycles. The van der Waals surface area contributed by atoms with E-state index in [9.17, 15) is 0 Å². The monoisotopic (exact) mass is 298 g/mol. The highest BCUT2D eigenvalue weighted by Crippen LogP contribution is 2.27. The lowest BCUT2D eigenvalue weighted by Crippen LogP contribution is -2.38. The summed E-state index contributed by atoms with van der Waals surface area (Å²) in [7, 11) is 0. The maximum absolute atomic E-state index is 4.79. The second kappa shape index (κ2) is 6.39. The van der Waals surface area contributed by atoms with Gasteiger partial charge < -0.3 is 14.8 Å². The Morgan fingerprint density at radius 1 is 0.955 bits per heavy atom. The molecule has 3 heterocycles. The first kappa shape index (κ1) is 14.2. The molecule has 4 rings (SSSR count). The van der Waals surface area contributed by atoms with E-state index >= 15 is 0 Å². The van der Waals surface area contributed by atoms with Gasteiger partial charge in [-0.25, -0.2) is 4.98 Å². The van der Waals surface area contributed by atoms with Crippen LogP contribution in [0.15, 0.2) is 24.3 Å². The summed E-state index contributed by atoms with van der Waals surface area (Å²) >= 11 is 0. The number of H-pyrrole nitrogens is 1. The summed E-state index contributed by atoms with van der Waals surface area (Å²) < 4.78 is 0. The van der Waals surface area contributed by atoms with Gasteiger partial charge in [0.15, 0.2) is 0 Å². The van der Waals surface area contributed by atoms with Gasteiger partial charge in [-0.1, -0.05) is 12.1 Å². The van der Waals surface area contributed by atoms with Crippen LogP contribution in [0.5, 0.6) is 0 Å². The zero-order chi connectivity index (χ0) is 14.8. The highest BCUT2D eigenvalue weighted by molar-refractivity contribution is 5.74. The van der Waals surface area contributed by atoms with Crippen LogP contribution in [0.25, 0.3) is 11.0 Å². The van der Waals surface area contributed by atoms with Gasteiger partial charge in [0, 0.05) is 19.0 Å². The van der Waals surface area contributed by atoms with Gasteiger partial charge in [0.1, 0.15) is 5.82 Å². The lowest BCUT2D eigenvalue weighted by molar-refractivity contribution is 0.183. The number of piperidine rings is 1. The Hall–Kier alpha value is -1.39. The third-order valence-corrected chi connectivity index (χ3v) is 5.31. The number of hydrogen-bond donors (Lipinski definition) is 1. The maximum atomic E-state index is 4.79. The fourth-order valence-electron chi connectivity index (χ4n) is 3.88. The number of hydrogen-bond acceptors (Lipinski definition) is 3. The number of aromatic amines is 1. The summed E-state index contributed by atoms with van der Waals surface area (Å²) in [4.78, 5) is 13.6. The zero-order valence-corrected chi connectivity index (χ0v) is 13.3. The van der Waals surface area contributed by atoms with Crippen molar-refractivity contribution < 1.29 is 0 Å². The van der Waals surface area contributed by atoms with Crippen LogP contribution < -0.4 is 0 Å². The summed E-state index contributed by atoms with van der Waals surface area (Å²) in [6, 6.07) is 8.36. The molecule has 2 aromatic rings. The number of fused-ring (bicyclic) bond motifs is 1. The molecule has 1 N–H and O–H groups in total. The lowest BCUT2D eigenvalue weighted by Gasteiger charge is -2.32. The first-order valence-electron chi connectivity index (χ1n) is 8.78. The largest absolute Gasteiger partial charge is 0.342 e. The minimum atomic E-state index is 0.607. The van der Waals surface area contributed by atoms with Crippen LogP contribution in [-0.4, -0.2) is 59.0 Å². The van der Waals surface area contributed by atoms with E-state index in [0.717, 1.165) is 5.52 Å². The van der Waals surface area contributed by atoms with E-state index < -0.39 is 0 Å². The van der Waals surface area contributed by atoms with Crippen LogP contribution in [0.2, 0.25) is 0 Å². The highest BCUT2D eigenvalue weighted by atomic mass is 15.2. The van der Waals surface area contributed by atoms with Crippen molar-refractivity contribution in [1.29, 1.82) is 0 Å². The molecule has 2 aliphatic rings. The van der Waals surface area contributed by atoms with E-state index in [2.05, 4.69) is 39.0 Å². The highest BCUT2D eigenvalue weighted by Gasteiger charge is 2.23. The third kappa shape index (κ3) is 3.03. The number of imidazole rings is 1. The number of benzene rings is 1. The molecule has 0 saturated carbocycles. The van der Waals surface area contributed by atoms with Gasteiger partial charge in [-0.05, 0) is 64.0 Å². The lowest BCUT2D eigenvalue weighted by atomic mass is 9.96. The number of nitrogens with zero attached hydrogens (tertiary/aromatic N) is 3. The molecule has 2 fully saturated rings. The summed E-state index contributed by atoms with van der Waals surface area (Å²) in [6.45, 7) is 7.57. The Morgan fingerprint density at radius 3 is 2.36 bits per heavy atom. The average Bonchev–Trinajstić information content (AvgIpc) is 3.22. The fraction of sp³-hybridized carbons (Fsp3) is 0.611. The first-order chi connectivity index (χ1) is 10.9. The van der Waals surface area contributed by atoms with Crippen molar-refractivity contribution in [2.75, 3.05) is 39.3 Å². The van der Waals surface area contributed by atoms with Crippen LogP contribution in [0.4, 0.5) is 0 Å². The van der Waals surface area contributed by atoms with Crippen LogP contribution in [0.1, 0.15) is 37.4 Å². The van der Waals surface area contributed by atoms with Gasteiger partial charge in [-0.2, -0.15) is 0 Å². The normalized spacial score (nSPS) is 21.8. The van der Waals surface area contributed by atoms with Gasteiger partial charge in [-0.15, -0.1) is 0 Å². The van der Waals surface area contributed by atoms with Crippen molar-refractivity contribution in [1.82, 2.24) is 19.8 Å². The van der Waals surface area contributed by atoms with Crippen molar-refractivity contribution in [3.8, 4) is 0 Å². The summed E-state index contributed by atoms with van der Waals surface area (Å²) in [5.41, 5.74) is 2.28. The average molecular weight is 298 g/mol. The molecule has 0 spiro atoms. The molecule has 0 unspecified atom stereocenters. The first-order valence-corrected chi connectivity index (χ1v) is 8.78. The van der Waals surface area contributed by atoms with Crippen LogP contribution >= 0.6 is 0 Å². The molecule has 2 saturated heterocycles. The minimum absolute atomic E-state index is 0.607. The van der Waals surface area contributed by atoms with Gasteiger partial charge in [0.2, 0.25) is 0 Å². The van der Waals surface area contributed by atoms with Crippen molar-refractivity contribution in [3.63, 3.8) is 0 Å². The standard InChI is InChI=1S/C18H26N4/c1-2-6-17-16(5-1)19-18(20-17)15-7-11-22(12-8-15)14-13-21-9-3-4-10-21/h1-2,5-6,15H,3-4,7-14H2,(H,19,20). The topological polar surface area (TPSA) is 35.2 Å². The van der Waals surface area contributed by atoms with Crippen molar-refractivity contribution in [2.45, 2.75) is 31.6 Å². The van der Waals surface area contributed by atoms with Gasteiger partial charge in [0.25, 0.3) is 0 Å². The Bertz CT molecular complexity index is 573. The molecule has 22 heavy (non-hydrogen) atoms. The molecule has 118 valence electrons. The fourth-order valence-corrected chi connectivity index (χ4v) is 3.88. The Kier molecular flexibility index (Phi) is 4.13. The van der Waals surface area contributed by atoms with Crippen molar-refractivity contribution in [3.05, 3.63) is 30.1 Å². The number of aromatic nitrogens is 2. The number of likely N-dealkylation sites (tertiary alicyclic amines) is 2. The number of para-hydroxylation sites is 2. The van der Waals surface area contributed by atoms with Crippen molar-refractivity contribution in [2.24, 2.45) is 0 Å². The van der Waals surface area contributed by atoms with Gasteiger partial charge >= 0.3 is 0 Å².